The predicted octanol–water partition coefficient (Wildman–Crippen LogP) is 0.864. The van der Waals surface area contributed by atoms with Crippen LogP contribution < -0.4 is 10.6 Å². The lowest BCUT2D eigenvalue weighted by Crippen LogP contribution is -2.34. The molecule has 1 fully saturated rings. The molecule has 1 aliphatic rings. The van der Waals surface area contributed by atoms with Crippen LogP contribution in [0.1, 0.15) is 5.69 Å². The molecule has 1 aromatic rings. The SMILES string of the molecule is Cc1nn(C)c(N2CCSCC2)c1N. The Morgan fingerprint density at radius 2 is 2.00 bits per heavy atom. The van der Waals surface area contributed by atoms with Gasteiger partial charge >= 0.3 is 0 Å². The minimum absolute atomic E-state index is 0.833. The average Bonchev–Trinajstić information content (AvgIpc) is 2.43. The normalized spacial score (nSPS) is 17.4. The fraction of sp³-hybridized carbons (Fsp3) is 0.667. The monoisotopic (exact) mass is 212 g/mol. The molecular formula is C9H16N4S. The summed E-state index contributed by atoms with van der Waals surface area (Å²) in [5.74, 6) is 3.45. The van der Waals surface area contributed by atoms with E-state index in [2.05, 4.69) is 10.00 Å². The van der Waals surface area contributed by atoms with Gasteiger partial charge in [-0.3, -0.25) is 4.68 Å². The Labute approximate surface area is 88.4 Å². The molecule has 2 rings (SSSR count). The van der Waals surface area contributed by atoms with Crippen molar-refractivity contribution in [3.8, 4) is 0 Å². The van der Waals surface area contributed by atoms with Gasteiger partial charge in [0.05, 0.1) is 11.4 Å². The summed E-state index contributed by atoms with van der Waals surface area (Å²) in [7, 11) is 1.96. The maximum atomic E-state index is 6.00. The molecule has 78 valence electrons. The number of thioether (sulfide) groups is 1. The standard InChI is InChI=1S/C9H16N4S/c1-7-8(10)9(12(2)11-7)13-3-5-14-6-4-13/h3-6,10H2,1-2H3. The summed E-state index contributed by atoms with van der Waals surface area (Å²) < 4.78 is 1.89. The van der Waals surface area contributed by atoms with E-state index in [4.69, 9.17) is 5.73 Å². The molecule has 1 aromatic heterocycles. The number of anilines is 2. The lowest BCUT2D eigenvalue weighted by Gasteiger charge is -2.28. The molecule has 2 N–H and O–H groups in total. The maximum absolute atomic E-state index is 6.00. The van der Waals surface area contributed by atoms with Gasteiger partial charge in [0.1, 0.15) is 5.82 Å². The Hall–Kier alpha value is -0.840. The van der Waals surface area contributed by atoms with Crippen molar-refractivity contribution in [1.29, 1.82) is 0 Å². The van der Waals surface area contributed by atoms with Crippen LogP contribution >= 0.6 is 11.8 Å². The van der Waals surface area contributed by atoms with Crippen molar-refractivity contribution < 1.29 is 0 Å². The summed E-state index contributed by atoms with van der Waals surface area (Å²) in [6.45, 7) is 4.11. The van der Waals surface area contributed by atoms with Crippen LogP contribution in [-0.2, 0) is 7.05 Å². The van der Waals surface area contributed by atoms with Crippen molar-refractivity contribution in [2.45, 2.75) is 6.92 Å². The van der Waals surface area contributed by atoms with Crippen molar-refractivity contribution >= 4 is 23.3 Å². The molecular weight excluding hydrogens is 196 g/mol. The molecule has 0 amide bonds. The molecule has 0 unspecified atom stereocenters. The van der Waals surface area contributed by atoms with Gasteiger partial charge in [0.15, 0.2) is 0 Å². The van der Waals surface area contributed by atoms with E-state index in [1.54, 1.807) is 0 Å². The Morgan fingerprint density at radius 1 is 1.36 bits per heavy atom. The summed E-state index contributed by atoms with van der Waals surface area (Å²) in [5.41, 5.74) is 7.77. The fourth-order valence-corrected chi connectivity index (χ4v) is 2.72. The Kier molecular flexibility index (Phi) is 2.58. The van der Waals surface area contributed by atoms with E-state index >= 15 is 0 Å². The highest BCUT2D eigenvalue weighted by molar-refractivity contribution is 7.99. The van der Waals surface area contributed by atoms with Gasteiger partial charge in [0.25, 0.3) is 0 Å². The highest BCUT2D eigenvalue weighted by atomic mass is 32.2. The summed E-state index contributed by atoms with van der Waals surface area (Å²) in [6.07, 6.45) is 0. The van der Waals surface area contributed by atoms with Crippen molar-refractivity contribution in [3.05, 3.63) is 5.69 Å². The number of nitrogens with two attached hydrogens (primary N) is 1. The molecule has 0 radical (unpaired) electrons. The van der Waals surface area contributed by atoms with E-state index in [0.29, 0.717) is 0 Å². The third kappa shape index (κ3) is 1.56. The van der Waals surface area contributed by atoms with Crippen LogP contribution in [-0.4, -0.2) is 34.4 Å². The molecule has 2 heterocycles. The molecule has 1 saturated heterocycles. The number of rotatable bonds is 1. The fourth-order valence-electron chi connectivity index (χ4n) is 1.81. The van der Waals surface area contributed by atoms with Crippen LogP contribution in [0.4, 0.5) is 11.5 Å². The van der Waals surface area contributed by atoms with Crippen molar-refractivity contribution in [3.63, 3.8) is 0 Å². The van der Waals surface area contributed by atoms with Gasteiger partial charge in [0, 0.05) is 31.6 Å². The van der Waals surface area contributed by atoms with E-state index in [0.717, 1.165) is 30.3 Å². The molecule has 0 saturated carbocycles. The van der Waals surface area contributed by atoms with Gasteiger partial charge < -0.3 is 10.6 Å². The number of hydrogen-bond donors (Lipinski definition) is 1. The van der Waals surface area contributed by atoms with Crippen molar-refractivity contribution in [2.75, 3.05) is 35.2 Å². The van der Waals surface area contributed by atoms with Gasteiger partial charge in [-0.2, -0.15) is 16.9 Å². The first kappa shape index (κ1) is 9.71. The third-order valence-electron chi connectivity index (χ3n) is 2.55. The Balaban J connectivity index is 2.29. The average molecular weight is 212 g/mol. The first-order chi connectivity index (χ1) is 6.70. The number of nitrogen functional groups attached to an aromatic ring is 1. The van der Waals surface area contributed by atoms with Gasteiger partial charge in [-0.25, -0.2) is 0 Å². The molecule has 5 heteroatoms. The highest BCUT2D eigenvalue weighted by Crippen LogP contribution is 2.27. The minimum atomic E-state index is 0.833. The van der Waals surface area contributed by atoms with Gasteiger partial charge in [-0.1, -0.05) is 0 Å². The largest absolute Gasteiger partial charge is 0.394 e. The predicted molar refractivity (Wildman–Crippen MR) is 61.9 cm³/mol. The molecule has 4 nitrogen and oxygen atoms in total. The van der Waals surface area contributed by atoms with Crippen LogP contribution in [0.25, 0.3) is 0 Å². The van der Waals surface area contributed by atoms with Crippen LogP contribution in [0.3, 0.4) is 0 Å². The van der Waals surface area contributed by atoms with E-state index in [9.17, 15) is 0 Å². The topological polar surface area (TPSA) is 47.1 Å². The van der Waals surface area contributed by atoms with Crippen LogP contribution in [0, 0.1) is 6.92 Å². The first-order valence-electron chi connectivity index (χ1n) is 4.82. The summed E-state index contributed by atoms with van der Waals surface area (Å²) >= 11 is 2.00. The third-order valence-corrected chi connectivity index (χ3v) is 3.49. The van der Waals surface area contributed by atoms with E-state index in [1.165, 1.54) is 11.5 Å². The molecule has 0 spiro atoms. The molecule has 0 aromatic carbocycles. The van der Waals surface area contributed by atoms with Crippen LogP contribution in [0.2, 0.25) is 0 Å². The quantitative estimate of drug-likeness (QED) is 0.750. The van der Waals surface area contributed by atoms with Crippen molar-refractivity contribution in [2.24, 2.45) is 7.05 Å². The van der Waals surface area contributed by atoms with Crippen molar-refractivity contribution in [1.82, 2.24) is 9.78 Å². The zero-order valence-corrected chi connectivity index (χ0v) is 9.47. The van der Waals surface area contributed by atoms with Gasteiger partial charge in [-0.05, 0) is 6.92 Å². The van der Waals surface area contributed by atoms with Crippen LogP contribution in [0.15, 0.2) is 0 Å². The second kappa shape index (κ2) is 3.73. The molecule has 0 bridgehead atoms. The summed E-state index contributed by atoms with van der Waals surface area (Å²) in [6, 6.07) is 0. The first-order valence-corrected chi connectivity index (χ1v) is 5.97. The summed E-state index contributed by atoms with van der Waals surface area (Å²) in [5, 5.41) is 4.33. The smallest absolute Gasteiger partial charge is 0.150 e. The van der Waals surface area contributed by atoms with E-state index in [1.807, 2.05) is 30.4 Å². The second-order valence-electron chi connectivity index (χ2n) is 3.55. The molecule has 0 aliphatic carbocycles. The zero-order valence-electron chi connectivity index (χ0n) is 8.66. The minimum Gasteiger partial charge on any atom is -0.394 e. The number of hydrogen-bond acceptors (Lipinski definition) is 4. The Morgan fingerprint density at radius 3 is 2.50 bits per heavy atom. The lowest BCUT2D eigenvalue weighted by molar-refractivity contribution is 0.714. The van der Waals surface area contributed by atoms with E-state index < -0.39 is 0 Å². The van der Waals surface area contributed by atoms with Crippen LogP contribution in [0.5, 0.6) is 0 Å². The summed E-state index contributed by atoms with van der Waals surface area (Å²) in [4.78, 5) is 2.33. The zero-order chi connectivity index (χ0) is 10.1. The molecule has 0 atom stereocenters. The maximum Gasteiger partial charge on any atom is 0.150 e. The lowest BCUT2D eigenvalue weighted by atomic mass is 10.3. The van der Waals surface area contributed by atoms with Gasteiger partial charge in [-0.15, -0.1) is 0 Å². The Bertz CT molecular complexity index is 328. The second-order valence-corrected chi connectivity index (χ2v) is 4.77. The number of nitrogens with zero attached hydrogens (tertiary/aromatic N) is 3. The number of aromatic nitrogens is 2. The van der Waals surface area contributed by atoms with Gasteiger partial charge in [0.2, 0.25) is 0 Å². The van der Waals surface area contributed by atoms with E-state index in [-0.39, 0.29) is 0 Å². The number of aryl methyl sites for hydroxylation is 2. The molecule has 14 heavy (non-hydrogen) atoms. The molecule has 1 aliphatic heterocycles. The highest BCUT2D eigenvalue weighted by Gasteiger charge is 2.19.